The number of amides is 3. The van der Waals surface area contributed by atoms with Crippen LogP contribution >= 0.6 is 0 Å². The summed E-state index contributed by atoms with van der Waals surface area (Å²) in [7, 11) is 2.88. The topological polar surface area (TPSA) is 117 Å². The molecule has 3 amide bonds. The third kappa shape index (κ3) is 4.34. The number of ether oxygens (including phenoxy) is 2. The first-order chi connectivity index (χ1) is 12.0. The molecule has 3 N–H and O–H groups in total. The largest absolute Gasteiger partial charge is 0.497 e. The first-order valence-corrected chi connectivity index (χ1v) is 7.42. The van der Waals surface area contributed by atoms with E-state index in [2.05, 4.69) is 10.6 Å². The van der Waals surface area contributed by atoms with Crippen LogP contribution < -0.4 is 15.4 Å². The lowest BCUT2D eigenvalue weighted by molar-refractivity contribution is -0.137. The van der Waals surface area contributed by atoms with Crippen molar-refractivity contribution in [1.82, 2.24) is 4.90 Å². The van der Waals surface area contributed by atoms with Gasteiger partial charge in [0.15, 0.2) is 0 Å². The van der Waals surface area contributed by atoms with Crippen molar-refractivity contribution in [2.24, 2.45) is 0 Å². The zero-order chi connectivity index (χ0) is 18.4. The second-order valence-corrected chi connectivity index (χ2v) is 5.09. The van der Waals surface area contributed by atoms with E-state index in [1.165, 1.54) is 14.2 Å². The molecule has 0 spiro atoms. The predicted molar refractivity (Wildman–Crippen MR) is 89.0 cm³/mol. The van der Waals surface area contributed by atoms with Crippen LogP contribution in [0.2, 0.25) is 0 Å². The molecule has 2 rings (SSSR count). The number of rotatable bonds is 8. The number of benzene rings is 1. The minimum atomic E-state index is -0.559. The average Bonchev–Trinajstić information content (AvgIpc) is 2.84. The van der Waals surface area contributed by atoms with Crippen LogP contribution in [0, 0.1) is 0 Å². The van der Waals surface area contributed by atoms with Crippen molar-refractivity contribution < 1.29 is 29.0 Å². The van der Waals surface area contributed by atoms with Crippen molar-refractivity contribution in [1.29, 1.82) is 0 Å². The molecule has 1 aliphatic heterocycles. The molecule has 1 aliphatic rings. The standard InChI is InChI=1S/C16H19N3O6/c1-24-9-14(21)18-11-4-3-10(25-2)7-12(11)17-13-8-15(22)19(5-6-20)16(13)23/h3-4,7-8,17,20H,5-6,9H2,1-2H3,(H,18,21). The summed E-state index contributed by atoms with van der Waals surface area (Å²) in [6.07, 6.45) is 1.14. The number of aliphatic hydroxyl groups excluding tert-OH is 1. The van der Waals surface area contributed by atoms with Gasteiger partial charge < -0.3 is 25.2 Å². The molecule has 9 nitrogen and oxygen atoms in total. The van der Waals surface area contributed by atoms with E-state index in [-0.39, 0.29) is 31.4 Å². The summed E-state index contributed by atoms with van der Waals surface area (Å²) in [6.45, 7) is -0.541. The number of hydrogen-bond acceptors (Lipinski definition) is 7. The third-order valence-electron chi connectivity index (χ3n) is 3.38. The van der Waals surface area contributed by atoms with Gasteiger partial charge in [0, 0.05) is 19.3 Å². The molecule has 1 heterocycles. The fraction of sp³-hybridized carbons (Fsp3) is 0.312. The van der Waals surface area contributed by atoms with Gasteiger partial charge in [0.05, 0.1) is 31.6 Å². The molecule has 0 saturated carbocycles. The SMILES string of the molecule is COCC(=O)Nc1ccc(OC)cc1NC1=CC(=O)N(CCO)C1=O. The highest BCUT2D eigenvalue weighted by Crippen LogP contribution is 2.29. The normalized spacial score (nSPS) is 13.7. The van der Waals surface area contributed by atoms with E-state index >= 15 is 0 Å². The van der Waals surface area contributed by atoms with E-state index < -0.39 is 11.8 Å². The molecular formula is C16H19N3O6. The first-order valence-electron chi connectivity index (χ1n) is 7.42. The van der Waals surface area contributed by atoms with Gasteiger partial charge in [-0.2, -0.15) is 0 Å². The highest BCUT2D eigenvalue weighted by Gasteiger charge is 2.31. The number of aliphatic hydroxyl groups is 1. The number of nitrogens with one attached hydrogen (secondary N) is 2. The van der Waals surface area contributed by atoms with Crippen molar-refractivity contribution in [3.63, 3.8) is 0 Å². The maximum absolute atomic E-state index is 12.2. The summed E-state index contributed by atoms with van der Waals surface area (Å²) in [4.78, 5) is 36.7. The average molecular weight is 349 g/mol. The molecule has 0 aromatic heterocycles. The smallest absolute Gasteiger partial charge is 0.277 e. The van der Waals surface area contributed by atoms with Gasteiger partial charge in [-0.05, 0) is 12.1 Å². The summed E-state index contributed by atoms with van der Waals surface area (Å²) < 4.78 is 9.91. The van der Waals surface area contributed by atoms with Crippen molar-refractivity contribution >= 4 is 29.1 Å². The molecular weight excluding hydrogens is 330 g/mol. The molecule has 0 saturated heterocycles. The molecule has 9 heteroatoms. The highest BCUT2D eigenvalue weighted by molar-refractivity contribution is 6.17. The molecule has 0 atom stereocenters. The van der Waals surface area contributed by atoms with Crippen LogP contribution in [-0.2, 0) is 19.1 Å². The van der Waals surface area contributed by atoms with E-state index in [1.54, 1.807) is 18.2 Å². The quantitative estimate of drug-likeness (QED) is 0.563. The van der Waals surface area contributed by atoms with Gasteiger partial charge >= 0.3 is 0 Å². The lowest BCUT2D eigenvalue weighted by Gasteiger charge is -2.16. The molecule has 0 unspecified atom stereocenters. The van der Waals surface area contributed by atoms with Crippen LogP contribution in [0.5, 0.6) is 5.75 Å². The van der Waals surface area contributed by atoms with E-state index in [4.69, 9.17) is 14.6 Å². The van der Waals surface area contributed by atoms with Crippen molar-refractivity contribution in [2.45, 2.75) is 0 Å². The van der Waals surface area contributed by atoms with Gasteiger partial charge in [-0.15, -0.1) is 0 Å². The van der Waals surface area contributed by atoms with Crippen molar-refractivity contribution in [3.8, 4) is 5.75 Å². The van der Waals surface area contributed by atoms with Gasteiger partial charge in [0.2, 0.25) is 5.91 Å². The minimum absolute atomic E-state index is 0.0361. The van der Waals surface area contributed by atoms with Crippen LogP contribution in [-0.4, -0.2) is 61.7 Å². The minimum Gasteiger partial charge on any atom is -0.497 e. The summed E-state index contributed by atoms with van der Waals surface area (Å²) in [5, 5.41) is 14.4. The van der Waals surface area contributed by atoms with Crippen LogP contribution in [0.25, 0.3) is 0 Å². The molecule has 0 aliphatic carbocycles. The van der Waals surface area contributed by atoms with Gasteiger partial charge in [-0.1, -0.05) is 0 Å². The Labute approximate surface area is 144 Å². The van der Waals surface area contributed by atoms with Gasteiger partial charge in [0.25, 0.3) is 11.8 Å². The van der Waals surface area contributed by atoms with Gasteiger partial charge in [-0.3, -0.25) is 19.3 Å². The number of carbonyl (C=O) groups is 3. The Bertz CT molecular complexity index is 716. The number of nitrogens with zero attached hydrogens (tertiary/aromatic N) is 1. The number of carbonyl (C=O) groups excluding carboxylic acids is 3. The molecule has 134 valence electrons. The summed E-state index contributed by atoms with van der Waals surface area (Å²) in [5.74, 6) is -0.956. The van der Waals surface area contributed by atoms with Gasteiger partial charge in [0.1, 0.15) is 18.1 Å². The van der Waals surface area contributed by atoms with E-state index in [1.807, 2.05) is 0 Å². The molecule has 0 fully saturated rings. The Morgan fingerprint density at radius 1 is 1.24 bits per heavy atom. The number of β-amino-alcohol motifs (C(OH)–C–C–N with tert-alkyl or cyclic N) is 1. The van der Waals surface area contributed by atoms with E-state index in [9.17, 15) is 14.4 Å². The fourth-order valence-corrected chi connectivity index (χ4v) is 2.24. The second-order valence-electron chi connectivity index (χ2n) is 5.09. The zero-order valence-corrected chi connectivity index (χ0v) is 13.9. The van der Waals surface area contributed by atoms with Gasteiger partial charge in [-0.25, -0.2) is 0 Å². The van der Waals surface area contributed by atoms with E-state index in [0.717, 1.165) is 11.0 Å². The maximum Gasteiger partial charge on any atom is 0.277 e. The van der Waals surface area contributed by atoms with Crippen LogP contribution in [0.3, 0.4) is 0 Å². The molecule has 1 aromatic carbocycles. The lowest BCUT2D eigenvalue weighted by atomic mass is 10.2. The lowest BCUT2D eigenvalue weighted by Crippen LogP contribution is -2.34. The van der Waals surface area contributed by atoms with Crippen LogP contribution in [0.15, 0.2) is 30.0 Å². The van der Waals surface area contributed by atoms with Crippen LogP contribution in [0.1, 0.15) is 0 Å². The number of methoxy groups -OCH3 is 2. The Balaban J connectivity index is 2.25. The zero-order valence-electron chi connectivity index (χ0n) is 13.9. The summed E-state index contributed by atoms with van der Waals surface area (Å²) in [6, 6.07) is 4.82. The Hall–Kier alpha value is -2.91. The predicted octanol–water partition coefficient (Wildman–Crippen LogP) is -0.0630. The molecule has 0 bridgehead atoms. The molecule has 25 heavy (non-hydrogen) atoms. The molecule has 0 radical (unpaired) electrons. The Kier molecular flexibility index (Phi) is 6.09. The number of imide groups is 1. The fourth-order valence-electron chi connectivity index (χ4n) is 2.24. The first kappa shape index (κ1) is 18.4. The highest BCUT2D eigenvalue weighted by atomic mass is 16.5. The number of anilines is 2. The number of hydrogen-bond donors (Lipinski definition) is 3. The monoisotopic (exact) mass is 349 g/mol. The summed E-state index contributed by atoms with van der Waals surface area (Å²) >= 11 is 0. The third-order valence-corrected chi connectivity index (χ3v) is 3.38. The van der Waals surface area contributed by atoms with E-state index in [0.29, 0.717) is 17.1 Å². The molecule has 1 aromatic rings. The second kappa shape index (κ2) is 8.27. The summed E-state index contributed by atoms with van der Waals surface area (Å²) in [5.41, 5.74) is 0.806. The Morgan fingerprint density at radius 2 is 2.00 bits per heavy atom. The maximum atomic E-state index is 12.2. The van der Waals surface area contributed by atoms with Crippen molar-refractivity contribution in [2.75, 3.05) is 44.6 Å². The van der Waals surface area contributed by atoms with Crippen LogP contribution in [0.4, 0.5) is 11.4 Å². The Morgan fingerprint density at radius 3 is 2.64 bits per heavy atom. The van der Waals surface area contributed by atoms with Crippen molar-refractivity contribution in [3.05, 3.63) is 30.0 Å².